The molecule has 0 radical (unpaired) electrons. The molecule has 0 saturated carbocycles. The molecule has 2 aliphatic rings. The monoisotopic (exact) mass is 455 g/mol. The van der Waals surface area contributed by atoms with Crippen LogP contribution in [0.2, 0.25) is 0 Å². The molecule has 1 amide bonds. The van der Waals surface area contributed by atoms with Gasteiger partial charge in [-0.2, -0.15) is 4.31 Å². The van der Waals surface area contributed by atoms with E-state index in [1.165, 1.54) is 19.5 Å². The van der Waals surface area contributed by atoms with Gasteiger partial charge in [0.2, 0.25) is 15.9 Å². The molecule has 0 bridgehead atoms. The van der Waals surface area contributed by atoms with Gasteiger partial charge in [-0.25, -0.2) is 22.3 Å². The second kappa shape index (κ2) is 8.18. The molecule has 10 heteroatoms. The molecule has 2 aliphatic heterocycles. The fourth-order valence-corrected chi connectivity index (χ4v) is 6.08. The predicted molar refractivity (Wildman–Crippen MR) is 119 cm³/mol. The van der Waals surface area contributed by atoms with Crippen LogP contribution in [0, 0.1) is 0 Å². The molecular formula is C22H25N5O4S. The fraction of sp³-hybridized carbons (Fsp3) is 0.409. The Kier molecular flexibility index (Phi) is 5.34. The van der Waals surface area contributed by atoms with Crippen molar-refractivity contribution >= 4 is 27.3 Å². The first-order valence-corrected chi connectivity index (χ1v) is 12.4. The first kappa shape index (κ1) is 20.9. The molecule has 3 aromatic rings. The van der Waals surface area contributed by atoms with Crippen LogP contribution in [0.3, 0.4) is 0 Å². The van der Waals surface area contributed by atoms with Crippen LogP contribution >= 0.6 is 0 Å². The molecule has 5 rings (SSSR count). The summed E-state index contributed by atoms with van der Waals surface area (Å²) in [5.74, 6) is 0.122. The smallest absolute Gasteiger partial charge is 0.312 e. The number of amides is 1. The number of pyridine rings is 1. The van der Waals surface area contributed by atoms with E-state index < -0.39 is 15.7 Å². The molecule has 1 aromatic carbocycles. The summed E-state index contributed by atoms with van der Waals surface area (Å²) in [4.78, 5) is 26.7. The van der Waals surface area contributed by atoms with Gasteiger partial charge >= 0.3 is 5.69 Å². The van der Waals surface area contributed by atoms with Crippen molar-refractivity contribution in [3.05, 3.63) is 58.6 Å². The standard InChI is InChI=1S/C22H25N5O4S/c28-20-7-5-14-25(20)18-10-8-17(9-11-18)16-27-22(29)26-15-4-6-19(21(26)23-27)32(30,31)24-12-2-1-3-13-24/h4,6,8-11,15H,1-3,5,7,12-14,16H2. The Morgan fingerprint density at radius 1 is 0.906 bits per heavy atom. The fourth-order valence-electron chi connectivity index (χ4n) is 4.44. The number of aromatic nitrogens is 3. The molecule has 9 nitrogen and oxygen atoms in total. The summed E-state index contributed by atoms with van der Waals surface area (Å²) in [6.45, 7) is 1.90. The molecule has 0 atom stereocenters. The van der Waals surface area contributed by atoms with Crippen LogP contribution < -0.4 is 10.6 Å². The molecule has 32 heavy (non-hydrogen) atoms. The second-order valence-electron chi connectivity index (χ2n) is 8.29. The summed E-state index contributed by atoms with van der Waals surface area (Å²) in [7, 11) is -3.72. The van der Waals surface area contributed by atoms with E-state index in [1.807, 2.05) is 24.3 Å². The summed E-state index contributed by atoms with van der Waals surface area (Å²) in [5.41, 5.74) is 1.43. The van der Waals surface area contributed by atoms with Crippen LogP contribution in [0.1, 0.15) is 37.7 Å². The highest BCUT2D eigenvalue weighted by Gasteiger charge is 2.29. The molecular weight excluding hydrogens is 430 g/mol. The zero-order chi connectivity index (χ0) is 22.3. The summed E-state index contributed by atoms with van der Waals surface area (Å²) in [6.07, 6.45) is 5.67. The average Bonchev–Trinajstić information content (AvgIpc) is 3.38. The number of hydrogen-bond acceptors (Lipinski definition) is 5. The Labute approximate surface area is 185 Å². The van der Waals surface area contributed by atoms with Gasteiger partial charge in [0.05, 0.1) is 6.54 Å². The third kappa shape index (κ3) is 3.63. The number of piperidine rings is 1. The lowest BCUT2D eigenvalue weighted by Crippen LogP contribution is -2.35. The minimum Gasteiger partial charge on any atom is -0.312 e. The number of anilines is 1. The summed E-state index contributed by atoms with van der Waals surface area (Å²) in [6, 6.07) is 10.5. The van der Waals surface area contributed by atoms with Crippen molar-refractivity contribution in [2.45, 2.75) is 43.5 Å². The maximum absolute atomic E-state index is 13.2. The molecule has 2 aromatic heterocycles. The third-order valence-electron chi connectivity index (χ3n) is 6.16. The van der Waals surface area contributed by atoms with Crippen molar-refractivity contribution in [3.63, 3.8) is 0 Å². The quantitative estimate of drug-likeness (QED) is 0.585. The molecule has 0 N–H and O–H groups in total. The topological polar surface area (TPSA) is 97.0 Å². The zero-order valence-electron chi connectivity index (χ0n) is 17.7. The summed E-state index contributed by atoms with van der Waals surface area (Å²) >= 11 is 0. The Morgan fingerprint density at radius 3 is 2.34 bits per heavy atom. The van der Waals surface area contributed by atoms with Gasteiger partial charge in [0.1, 0.15) is 4.90 Å². The van der Waals surface area contributed by atoms with Gasteiger partial charge in [-0.15, -0.1) is 5.10 Å². The summed E-state index contributed by atoms with van der Waals surface area (Å²) in [5, 5.41) is 4.38. The average molecular weight is 456 g/mol. The van der Waals surface area contributed by atoms with E-state index in [0.717, 1.165) is 43.5 Å². The van der Waals surface area contributed by atoms with Gasteiger partial charge < -0.3 is 4.90 Å². The van der Waals surface area contributed by atoms with E-state index in [2.05, 4.69) is 5.10 Å². The lowest BCUT2D eigenvalue weighted by atomic mass is 10.2. The normalized spacial score (nSPS) is 18.0. The lowest BCUT2D eigenvalue weighted by Gasteiger charge is -2.25. The van der Waals surface area contributed by atoms with E-state index >= 15 is 0 Å². The van der Waals surface area contributed by atoms with Crippen LogP contribution in [0.15, 0.2) is 52.3 Å². The lowest BCUT2D eigenvalue weighted by molar-refractivity contribution is -0.117. The first-order chi connectivity index (χ1) is 15.4. The number of rotatable bonds is 5. The Hall–Kier alpha value is -2.98. The highest BCUT2D eigenvalue weighted by Crippen LogP contribution is 2.24. The molecule has 4 heterocycles. The second-order valence-corrected chi connectivity index (χ2v) is 10.2. The molecule has 2 fully saturated rings. The SMILES string of the molecule is O=C1CCCN1c1ccc(Cn2nc3c(S(=O)(=O)N4CCCCC4)cccn3c2=O)cc1. The van der Waals surface area contributed by atoms with Crippen LogP contribution in [-0.4, -0.2) is 52.4 Å². The number of nitrogens with zero attached hydrogens (tertiary/aromatic N) is 5. The molecule has 0 unspecified atom stereocenters. The first-order valence-electron chi connectivity index (χ1n) is 10.9. The predicted octanol–water partition coefficient (Wildman–Crippen LogP) is 1.85. The van der Waals surface area contributed by atoms with Crippen molar-refractivity contribution in [2.24, 2.45) is 0 Å². The van der Waals surface area contributed by atoms with Crippen LogP contribution in [0.5, 0.6) is 0 Å². The number of fused-ring (bicyclic) bond motifs is 1. The van der Waals surface area contributed by atoms with E-state index in [9.17, 15) is 18.0 Å². The van der Waals surface area contributed by atoms with Crippen LogP contribution in [0.4, 0.5) is 5.69 Å². The van der Waals surface area contributed by atoms with E-state index in [4.69, 9.17) is 0 Å². The number of sulfonamides is 1. The minimum atomic E-state index is -3.72. The van der Waals surface area contributed by atoms with Gasteiger partial charge in [-0.05, 0) is 49.1 Å². The van der Waals surface area contributed by atoms with E-state index in [0.29, 0.717) is 19.5 Å². The van der Waals surface area contributed by atoms with Crippen molar-refractivity contribution in [1.29, 1.82) is 0 Å². The number of hydrogen-bond donors (Lipinski definition) is 0. The highest BCUT2D eigenvalue weighted by molar-refractivity contribution is 7.89. The van der Waals surface area contributed by atoms with Crippen molar-refractivity contribution in [2.75, 3.05) is 24.5 Å². The van der Waals surface area contributed by atoms with Crippen molar-refractivity contribution in [3.8, 4) is 0 Å². The number of carbonyl (C=O) groups excluding carboxylic acids is 1. The summed E-state index contributed by atoms with van der Waals surface area (Å²) < 4.78 is 30.4. The van der Waals surface area contributed by atoms with Crippen LogP contribution in [0.25, 0.3) is 5.65 Å². The van der Waals surface area contributed by atoms with E-state index in [1.54, 1.807) is 17.2 Å². The largest absolute Gasteiger partial charge is 0.350 e. The maximum Gasteiger partial charge on any atom is 0.350 e. The number of benzene rings is 1. The maximum atomic E-state index is 13.2. The van der Waals surface area contributed by atoms with Gasteiger partial charge in [-0.3, -0.25) is 4.79 Å². The van der Waals surface area contributed by atoms with Crippen LogP contribution in [-0.2, 0) is 21.4 Å². The molecule has 0 aliphatic carbocycles. The minimum absolute atomic E-state index is 0.0562. The zero-order valence-corrected chi connectivity index (χ0v) is 18.5. The highest BCUT2D eigenvalue weighted by atomic mass is 32.2. The Bertz CT molecular complexity index is 1320. The van der Waals surface area contributed by atoms with Gasteiger partial charge in [0, 0.05) is 37.9 Å². The molecule has 0 spiro atoms. The molecule has 2 saturated heterocycles. The third-order valence-corrected chi connectivity index (χ3v) is 8.08. The van der Waals surface area contributed by atoms with E-state index in [-0.39, 0.29) is 23.0 Å². The van der Waals surface area contributed by atoms with Crippen molar-refractivity contribution in [1.82, 2.24) is 18.5 Å². The van der Waals surface area contributed by atoms with Gasteiger partial charge in [0.25, 0.3) is 0 Å². The van der Waals surface area contributed by atoms with Crippen molar-refractivity contribution < 1.29 is 13.2 Å². The Balaban J connectivity index is 1.46. The van der Waals surface area contributed by atoms with Gasteiger partial charge in [-0.1, -0.05) is 18.6 Å². The Morgan fingerprint density at radius 2 is 1.66 bits per heavy atom. The van der Waals surface area contributed by atoms with Gasteiger partial charge in [0.15, 0.2) is 5.65 Å². The number of carbonyl (C=O) groups is 1. The molecule has 168 valence electrons.